The highest BCUT2D eigenvalue weighted by atomic mass is 16.6. The fourth-order valence-electron chi connectivity index (χ4n) is 1.80. The number of nitro groups is 1. The second-order valence-electron chi connectivity index (χ2n) is 4.43. The van der Waals surface area contributed by atoms with Gasteiger partial charge in [0.25, 0.3) is 5.69 Å². The van der Waals surface area contributed by atoms with Crippen LogP contribution in [0.5, 0.6) is 5.75 Å². The Morgan fingerprint density at radius 1 is 1.45 bits per heavy atom. The molecule has 0 saturated carbocycles. The summed E-state index contributed by atoms with van der Waals surface area (Å²) in [6, 6.07) is 4.23. The normalized spacial score (nSPS) is 12.4. The van der Waals surface area contributed by atoms with E-state index in [4.69, 9.17) is 10.5 Å². The summed E-state index contributed by atoms with van der Waals surface area (Å²) in [6.45, 7) is 6.31. The van der Waals surface area contributed by atoms with Crippen LogP contribution in [0, 0.1) is 10.1 Å². The molecule has 1 aromatic rings. The monoisotopic (exact) mass is 283 g/mol. The SMILES string of the molecule is CCN(CC)CC(O)COc1ccc(N)c([N+](=O)[O-])c1. The maximum absolute atomic E-state index is 10.7. The van der Waals surface area contributed by atoms with Crippen molar-refractivity contribution in [2.45, 2.75) is 20.0 Å². The van der Waals surface area contributed by atoms with Gasteiger partial charge in [0.05, 0.1) is 11.0 Å². The Labute approximate surface area is 118 Å². The Kier molecular flexibility index (Phi) is 6.20. The van der Waals surface area contributed by atoms with Gasteiger partial charge in [0.1, 0.15) is 24.1 Å². The first-order valence-electron chi connectivity index (χ1n) is 6.55. The van der Waals surface area contributed by atoms with Crippen molar-refractivity contribution in [3.05, 3.63) is 28.3 Å². The smallest absolute Gasteiger partial charge is 0.295 e. The molecular formula is C13H21N3O4. The fraction of sp³-hybridized carbons (Fsp3) is 0.538. The number of nitrogen functional groups attached to an aromatic ring is 1. The lowest BCUT2D eigenvalue weighted by Crippen LogP contribution is -2.35. The molecule has 0 saturated heterocycles. The Bertz CT molecular complexity index is 449. The molecule has 0 heterocycles. The van der Waals surface area contributed by atoms with Crippen LogP contribution in [0.15, 0.2) is 18.2 Å². The van der Waals surface area contributed by atoms with Crippen LogP contribution in [-0.2, 0) is 0 Å². The summed E-state index contributed by atoms with van der Waals surface area (Å²) < 4.78 is 5.37. The van der Waals surface area contributed by atoms with Crippen molar-refractivity contribution in [2.75, 3.05) is 32.0 Å². The second-order valence-corrected chi connectivity index (χ2v) is 4.43. The molecule has 1 unspecified atom stereocenters. The summed E-state index contributed by atoms with van der Waals surface area (Å²) in [6.07, 6.45) is -0.647. The van der Waals surface area contributed by atoms with Gasteiger partial charge < -0.3 is 20.5 Å². The third kappa shape index (κ3) is 4.67. The first-order valence-corrected chi connectivity index (χ1v) is 6.55. The largest absolute Gasteiger partial charge is 0.491 e. The minimum Gasteiger partial charge on any atom is -0.491 e. The van der Waals surface area contributed by atoms with E-state index in [1.165, 1.54) is 12.1 Å². The molecule has 0 amide bonds. The van der Waals surface area contributed by atoms with Crippen molar-refractivity contribution in [1.29, 1.82) is 0 Å². The average Bonchev–Trinajstić information content (AvgIpc) is 2.43. The summed E-state index contributed by atoms with van der Waals surface area (Å²) >= 11 is 0. The zero-order chi connectivity index (χ0) is 15.1. The van der Waals surface area contributed by atoms with Gasteiger partial charge in [-0.05, 0) is 25.2 Å². The van der Waals surface area contributed by atoms with E-state index in [2.05, 4.69) is 4.90 Å². The number of aliphatic hydroxyl groups excluding tert-OH is 1. The molecule has 20 heavy (non-hydrogen) atoms. The van der Waals surface area contributed by atoms with Crippen LogP contribution in [-0.4, -0.2) is 47.3 Å². The minimum absolute atomic E-state index is 0.0809. The molecular weight excluding hydrogens is 262 g/mol. The van der Waals surface area contributed by atoms with Crippen LogP contribution in [0.1, 0.15) is 13.8 Å². The lowest BCUT2D eigenvalue weighted by atomic mass is 10.2. The number of benzene rings is 1. The summed E-state index contributed by atoms with van der Waals surface area (Å²) in [4.78, 5) is 12.3. The van der Waals surface area contributed by atoms with Crippen molar-refractivity contribution in [2.24, 2.45) is 0 Å². The zero-order valence-corrected chi connectivity index (χ0v) is 11.8. The topological polar surface area (TPSA) is 102 Å². The number of ether oxygens (including phenoxy) is 1. The summed E-state index contributed by atoms with van der Waals surface area (Å²) in [7, 11) is 0. The summed E-state index contributed by atoms with van der Waals surface area (Å²) in [5, 5.41) is 20.6. The highest BCUT2D eigenvalue weighted by Gasteiger charge is 2.14. The van der Waals surface area contributed by atoms with Gasteiger partial charge in [0.15, 0.2) is 0 Å². The van der Waals surface area contributed by atoms with Crippen LogP contribution in [0.3, 0.4) is 0 Å². The minimum atomic E-state index is -0.647. The predicted octanol–water partition coefficient (Wildman–Crippen LogP) is 1.26. The highest BCUT2D eigenvalue weighted by molar-refractivity contribution is 5.60. The van der Waals surface area contributed by atoms with E-state index in [1.807, 2.05) is 13.8 Å². The van der Waals surface area contributed by atoms with Gasteiger partial charge in [-0.2, -0.15) is 0 Å². The molecule has 1 rings (SSSR count). The molecule has 112 valence electrons. The van der Waals surface area contributed by atoms with Crippen LogP contribution in [0.25, 0.3) is 0 Å². The van der Waals surface area contributed by atoms with E-state index in [0.29, 0.717) is 12.3 Å². The molecule has 0 fully saturated rings. The van der Waals surface area contributed by atoms with Gasteiger partial charge in [-0.15, -0.1) is 0 Å². The molecule has 0 aromatic heterocycles. The number of nitro benzene ring substituents is 1. The van der Waals surface area contributed by atoms with E-state index in [9.17, 15) is 15.2 Å². The van der Waals surface area contributed by atoms with E-state index < -0.39 is 11.0 Å². The average molecular weight is 283 g/mol. The maximum atomic E-state index is 10.7. The molecule has 0 aliphatic rings. The zero-order valence-electron chi connectivity index (χ0n) is 11.8. The number of likely N-dealkylation sites (N-methyl/N-ethyl adjacent to an activating group) is 1. The molecule has 1 atom stereocenters. The van der Waals surface area contributed by atoms with Crippen molar-refractivity contribution in [3.63, 3.8) is 0 Å². The van der Waals surface area contributed by atoms with E-state index in [-0.39, 0.29) is 18.0 Å². The van der Waals surface area contributed by atoms with Gasteiger partial charge in [-0.3, -0.25) is 10.1 Å². The summed E-state index contributed by atoms with van der Waals surface area (Å²) in [5.41, 5.74) is 5.39. The van der Waals surface area contributed by atoms with Crippen molar-refractivity contribution in [1.82, 2.24) is 4.90 Å². The molecule has 0 bridgehead atoms. The molecule has 3 N–H and O–H groups in total. The van der Waals surface area contributed by atoms with Gasteiger partial charge in [0, 0.05) is 6.54 Å². The molecule has 7 heteroatoms. The molecule has 1 aromatic carbocycles. The Hall–Kier alpha value is -1.86. The maximum Gasteiger partial charge on any atom is 0.295 e. The number of nitrogens with zero attached hydrogens (tertiary/aromatic N) is 2. The summed E-state index contributed by atoms with van der Waals surface area (Å²) in [5.74, 6) is 0.324. The van der Waals surface area contributed by atoms with Crippen molar-refractivity contribution >= 4 is 11.4 Å². The number of anilines is 1. The second kappa shape index (κ2) is 7.66. The lowest BCUT2D eigenvalue weighted by Gasteiger charge is -2.21. The van der Waals surface area contributed by atoms with Crippen molar-refractivity contribution < 1.29 is 14.8 Å². The highest BCUT2D eigenvalue weighted by Crippen LogP contribution is 2.26. The quantitative estimate of drug-likeness (QED) is 0.423. The molecule has 0 radical (unpaired) electrons. The Morgan fingerprint density at radius 2 is 2.10 bits per heavy atom. The third-order valence-corrected chi connectivity index (χ3v) is 3.00. The van der Waals surface area contributed by atoms with Crippen LogP contribution in [0.2, 0.25) is 0 Å². The van der Waals surface area contributed by atoms with Gasteiger partial charge >= 0.3 is 0 Å². The standard InChI is InChI=1S/C13H21N3O4/c1-3-15(4-2)8-10(17)9-20-11-5-6-12(14)13(7-11)16(18)19/h5-7,10,17H,3-4,8-9,14H2,1-2H3. The van der Waals surface area contributed by atoms with Gasteiger partial charge in [0.2, 0.25) is 0 Å². The van der Waals surface area contributed by atoms with E-state index in [0.717, 1.165) is 13.1 Å². The fourth-order valence-corrected chi connectivity index (χ4v) is 1.80. The number of hydrogen-bond donors (Lipinski definition) is 2. The van der Waals surface area contributed by atoms with Crippen LogP contribution in [0.4, 0.5) is 11.4 Å². The van der Waals surface area contributed by atoms with Gasteiger partial charge in [-0.25, -0.2) is 0 Å². The van der Waals surface area contributed by atoms with Crippen molar-refractivity contribution in [3.8, 4) is 5.75 Å². The van der Waals surface area contributed by atoms with Crippen LogP contribution < -0.4 is 10.5 Å². The number of aliphatic hydroxyl groups is 1. The Balaban J connectivity index is 2.57. The molecule has 0 aliphatic carbocycles. The molecule has 0 aliphatic heterocycles. The molecule has 7 nitrogen and oxygen atoms in total. The molecule has 0 spiro atoms. The Morgan fingerprint density at radius 3 is 2.65 bits per heavy atom. The predicted molar refractivity (Wildman–Crippen MR) is 76.8 cm³/mol. The third-order valence-electron chi connectivity index (χ3n) is 3.00. The number of rotatable bonds is 8. The number of nitrogens with two attached hydrogens (primary N) is 1. The first kappa shape index (κ1) is 16.2. The first-order chi connectivity index (χ1) is 9.47. The number of hydrogen-bond acceptors (Lipinski definition) is 6. The lowest BCUT2D eigenvalue weighted by molar-refractivity contribution is -0.384. The van der Waals surface area contributed by atoms with E-state index >= 15 is 0 Å². The van der Waals surface area contributed by atoms with E-state index in [1.54, 1.807) is 6.07 Å². The van der Waals surface area contributed by atoms with Gasteiger partial charge in [-0.1, -0.05) is 13.8 Å². The van der Waals surface area contributed by atoms with Crippen LogP contribution >= 0.6 is 0 Å².